The van der Waals surface area contributed by atoms with Crippen molar-refractivity contribution >= 4 is 17.9 Å². The van der Waals surface area contributed by atoms with Crippen LogP contribution in [-0.2, 0) is 9.59 Å². The van der Waals surface area contributed by atoms with E-state index >= 15 is 0 Å². The predicted octanol–water partition coefficient (Wildman–Crippen LogP) is 0.289. The number of nitrogens with one attached hydrogen (secondary N) is 1. The Morgan fingerprint density at radius 3 is 2.25 bits per heavy atom. The highest BCUT2D eigenvalue weighted by Gasteiger charge is 2.39. The lowest BCUT2D eigenvalue weighted by Crippen LogP contribution is -2.53. The summed E-state index contributed by atoms with van der Waals surface area (Å²) < 4.78 is 0. The van der Waals surface area contributed by atoms with E-state index in [1.165, 1.54) is 4.90 Å². The number of aliphatic carboxylic acids is 1. The Morgan fingerprint density at radius 1 is 1.20 bits per heavy atom. The minimum Gasteiger partial charge on any atom is -0.480 e. The van der Waals surface area contributed by atoms with Gasteiger partial charge in [0.05, 0.1) is 0 Å². The molecule has 2 aliphatic rings. The lowest BCUT2D eigenvalue weighted by molar-refractivity contribution is -0.139. The first-order valence-corrected chi connectivity index (χ1v) is 7.07. The van der Waals surface area contributed by atoms with E-state index in [-0.39, 0.29) is 18.5 Å². The van der Waals surface area contributed by atoms with Crippen LogP contribution in [0.3, 0.4) is 0 Å². The number of carboxylic acids is 1. The summed E-state index contributed by atoms with van der Waals surface area (Å²) in [5, 5.41) is 11.7. The van der Waals surface area contributed by atoms with Crippen LogP contribution in [0.25, 0.3) is 0 Å². The van der Waals surface area contributed by atoms with Crippen LogP contribution in [-0.4, -0.2) is 46.5 Å². The highest BCUT2D eigenvalue weighted by atomic mass is 16.4. The number of carbonyl (C=O) groups is 3. The van der Waals surface area contributed by atoms with Crippen LogP contribution in [0.15, 0.2) is 0 Å². The number of primary amides is 1. The third-order valence-electron chi connectivity index (χ3n) is 3.99. The van der Waals surface area contributed by atoms with Gasteiger partial charge >= 0.3 is 12.0 Å². The Labute approximate surface area is 117 Å². The summed E-state index contributed by atoms with van der Waals surface area (Å²) in [5.41, 5.74) is 5.18. The number of carboxylic acid groups (broad SMARTS) is 1. The maximum atomic E-state index is 12.3. The number of rotatable bonds is 6. The Morgan fingerprint density at radius 2 is 1.80 bits per heavy atom. The zero-order valence-electron chi connectivity index (χ0n) is 11.4. The molecule has 0 radical (unpaired) electrons. The van der Waals surface area contributed by atoms with E-state index in [1.54, 1.807) is 0 Å². The molecule has 4 N–H and O–H groups in total. The second kappa shape index (κ2) is 6.11. The minimum atomic E-state index is -1.02. The maximum absolute atomic E-state index is 12.3. The molecule has 0 aromatic rings. The van der Waals surface area contributed by atoms with Gasteiger partial charge in [-0.05, 0) is 31.6 Å². The van der Waals surface area contributed by atoms with Gasteiger partial charge in [-0.15, -0.1) is 0 Å². The molecule has 112 valence electrons. The van der Waals surface area contributed by atoms with Crippen LogP contribution >= 0.6 is 0 Å². The number of hydrogen-bond acceptors (Lipinski definition) is 3. The SMILES string of the molecule is NC(=O)CN(C(=O)NC(C(=O)O)C1CC1)C1CCCC1. The molecule has 0 aromatic heterocycles. The van der Waals surface area contributed by atoms with Crippen molar-refractivity contribution < 1.29 is 19.5 Å². The van der Waals surface area contributed by atoms with E-state index in [9.17, 15) is 14.4 Å². The molecule has 2 fully saturated rings. The molecule has 0 bridgehead atoms. The summed E-state index contributed by atoms with van der Waals surface area (Å²) in [7, 11) is 0. The van der Waals surface area contributed by atoms with Crippen LogP contribution in [0.1, 0.15) is 38.5 Å². The Balaban J connectivity index is 2.00. The van der Waals surface area contributed by atoms with Crippen molar-refractivity contribution in [3.63, 3.8) is 0 Å². The van der Waals surface area contributed by atoms with Gasteiger partial charge in [-0.3, -0.25) is 4.79 Å². The maximum Gasteiger partial charge on any atom is 0.326 e. The van der Waals surface area contributed by atoms with Crippen LogP contribution < -0.4 is 11.1 Å². The molecule has 20 heavy (non-hydrogen) atoms. The number of amides is 3. The predicted molar refractivity (Wildman–Crippen MR) is 70.8 cm³/mol. The van der Waals surface area contributed by atoms with E-state index in [4.69, 9.17) is 10.8 Å². The third kappa shape index (κ3) is 3.61. The van der Waals surface area contributed by atoms with E-state index in [1.807, 2.05) is 0 Å². The molecule has 3 amide bonds. The zero-order valence-corrected chi connectivity index (χ0v) is 11.4. The number of carbonyl (C=O) groups excluding carboxylic acids is 2. The number of urea groups is 1. The second-order valence-electron chi connectivity index (χ2n) is 5.64. The topological polar surface area (TPSA) is 113 Å². The van der Waals surface area contributed by atoms with Crippen molar-refractivity contribution in [2.45, 2.75) is 50.6 Å². The lowest BCUT2D eigenvalue weighted by Gasteiger charge is -2.29. The van der Waals surface area contributed by atoms with Crippen molar-refractivity contribution in [1.82, 2.24) is 10.2 Å². The first-order chi connectivity index (χ1) is 9.49. The monoisotopic (exact) mass is 283 g/mol. The number of nitrogens with two attached hydrogens (primary N) is 1. The van der Waals surface area contributed by atoms with Crippen molar-refractivity contribution in [2.75, 3.05) is 6.54 Å². The molecule has 2 aliphatic carbocycles. The summed E-state index contributed by atoms with van der Waals surface area (Å²) >= 11 is 0. The molecule has 0 aliphatic heterocycles. The minimum absolute atomic E-state index is 0.00968. The third-order valence-corrected chi connectivity index (χ3v) is 3.99. The van der Waals surface area contributed by atoms with Gasteiger partial charge in [0.15, 0.2) is 0 Å². The normalized spacial score (nSPS) is 20.4. The molecule has 0 heterocycles. The van der Waals surface area contributed by atoms with Gasteiger partial charge in [0, 0.05) is 6.04 Å². The highest BCUT2D eigenvalue weighted by Crippen LogP contribution is 2.33. The van der Waals surface area contributed by atoms with E-state index in [0.29, 0.717) is 0 Å². The van der Waals surface area contributed by atoms with Gasteiger partial charge in [-0.2, -0.15) is 0 Å². The first kappa shape index (κ1) is 14.6. The van der Waals surface area contributed by atoms with Gasteiger partial charge in [0.1, 0.15) is 12.6 Å². The van der Waals surface area contributed by atoms with Crippen LogP contribution in [0.2, 0.25) is 0 Å². The molecule has 0 aromatic carbocycles. The van der Waals surface area contributed by atoms with Crippen molar-refractivity contribution in [3.05, 3.63) is 0 Å². The molecule has 2 rings (SSSR count). The summed E-state index contributed by atoms with van der Waals surface area (Å²) in [5.74, 6) is -1.59. The summed E-state index contributed by atoms with van der Waals surface area (Å²) in [6.07, 6.45) is 5.33. The summed E-state index contributed by atoms with van der Waals surface area (Å²) in [6, 6.07) is -1.37. The van der Waals surface area contributed by atoms with E-state index in [0.717, 1.165) is 38.5 Å². The van der Waals surface area contributed by atoms with E-state index in [2.05, 4.69) is 5.32 Å². The lowest BCUT2D eigenvalue weighted by atomic mass is 10.2. The summed E-state index contributed by atoms with van der Waals surface area (Å²) in [6.45, 7) is -0.159. The molecule has 0 saturated heterocycles. The molecule has 7 heteroatoms. The van der Waals surface area contributed by atoms with Crippen molar-refractivity contribution in [3.8, 4) is 0 Å². The van der Waals surface area contributed by atoms with Gasteiger partial charge in [0.2, 0.25) is 5.91 Å². The van der Waals surface area contributed by atoms with Crippen LogP contribution in [0, 0.1) is 5.92 Å². The Bertz CT molecular complexity index is 402. The number of hydrogen-bond donors (Lipinski definition) is 3. The largest absolute Gasteiger partial charge is 0.480 e. The standard InChI is InChI=1S/C13H21N3O4/c14-10(17)7-16(9-3-1-2-4-9)13(20)15-11(12(18)19)8-5-6-8/h8-9,11H,1-7H2,(H2,14,17)(H,15,20)(H,18,19). The van der Waals surface area contributed by atoms with Gasteiger partial charge < -0.3 is 21.1 Å². The highest BCUT2D eigenvalue weighted by molar-refractivity contribution is 5.86. The molecule has 7 nitrogen and oxygen atoms in total. The van der Waals surface area contributed by atoms with Gasteiger partial charge in [-0.25, -0.2) is 9.59 Å². The molecular formula is C13H21N3O4. The molecule has 0 spiro atoms. The van der Waals surface area contributed by atoms with E-state index < -0.39 is 23.9 Å². The van der Waals surface area contributed by atoms with Crippen molar-refractivity contribution in [2.24, 2.45) is 11.7 Å². The molecular weight excluding hydrogens is 262 g/mol. The zero-order chi connectivity index (χ0) is 14.7. The first-order valence-electron chi connectivity index (χ1n) is 7.07. The average Bonchev–Trinajstić information content (AvgIpc) is 3.06. The number of nitrogens with zero attached hydrogens (tertiary/aromatic N) is 1. The smallest absolute Gasteiger partial charge is 0.326 e. The van der Waals surface area contributed by atoms with Gasteiger partial charge in [0.25, 0.3) is 0 Å². The van der Waals surface area contributed by atoms with Crippen LogP contribution in [0.5, 0.6) is 0 Å². The molecule has 1 atom stereocenters. The fourth-order valence-electron chi connectivity index (χ4n) is 2.78. The van der Waals surface area contributed by atoms with Crippen molar-refractivity contribution in [1.29, 1.82) is 0 Å². The quantitative estimate of drug-likeness (QED) is 0.650. The van der Waals surface area contributed by atoms with Crippen LogP contribution in [0.4, 0.5) is 4.79 Å². The van der Waals surface area contributed by atoms with Gasteiger partial charge in [-0.1, -0.05) is 12.8 Å². The molecule has 2 saturated carbocycles. The summed E-state index contributed by atoms with van der Waals surface area (Å²) in [4.78, 5) is 35.9. The Kier molecular flexibility index (Phi) is 4.46. The second-order valence-corrected chi connectivity index (χ2v) is 5.64. The Hall–Kier alpha value is -1.79. The average molecular weight is 283 g/mol. The molecule has 1 unspecified atom stereocenters. The fraction of sp³-hybridized carbons (Fsp3) is 0.769. The fourth-order valence-corrected chi connectivity index (χ4v) is 2.78.